The Bertz CT molecular complexity index is 645. The van der Waals surface area contributed by atoms with Crippen LogP contribution in [0.2, 0.25) is 5.02 Å². The summed E-state index contributed by atoms with van der Waals surface area (Å²) in [6.07, 6.45) is 0.0210. The van der Waals surface area contributed by atoms with Crippen molar-refractivity contribution in [3.8, 4) is 0 Å². The lowest BCUT2D eigenvalue weighted by Crippen LogP contribution is -2.35. The highest BCUT2D eigenvalue weighted by atomic mass is 79.9. The Morgan fingerprint density at radius 3 is 2.65 bits per heavy atom. The first kappa shape index (κ1) is 18.2. The molecule has 1 aromatic carbocycles. The van der Waals surface area contributed by atoms with Crippen LogP contribution in [0, 0.1) is 11.7 Å². The van der Waals surface area contributed by atoms with Crippen molar-refractivity contribution in [3.63, 3.8) is 0 Å². The number of carbonyl (C=O) groups excluding carboxylic acids is 2. The van der Waals surface area contributed by atoms with E-state index < -0.39 is 23.4 Å². The number of ether oxygens (including phenoxy) is 1. The van der Waals surface area contributed by atoms with Gasteiger partial charge in [0.1, 0.15) is 5.60 Å². The Labute approximate surface area is 148 Å². The summed E-state index contributed by atoms with van der Waals surface area (Å²) in [6.45, 7) is 5.98. The number of Topliss-reactive ketones (excluding diaryl/α,β-unsaturated/α-hetero) is 1. The monoisotopic (exact) mass is 405 g/mol. The zero-order valence-corrected chi connectivity index (χ0v) is 15.5. The summed E-state index contributed by atoms with van der Waals surface area (Å²) in [5.74, 6) is -1.53. The Hall–Kier alpha value is -1.14. The van der Waals surface area contributed by atoms with Crippen LogP contribution in [0.4, 0.5) is 9.18 Å². The highest BCUT2D eigenvalue weighted by molar-refractivity contribution is 9.10. The minimum Gasteiger partial charge on any atom is -0.444 e. The summed E-state index contributed by atoms with van der Waals surface area (Å²) < 4.78 is 19.8. The molecule has 4 nitrogen and oxygen atoms in total. The van der Waals surface area contributed by atoms with Crippen LogP contribution in [0.1, 0.15) is 37.6 Å². The highest BCUT2D eigenvalue weighted by Gasteiger charge is 2.35. The molecular weight excluding hydrogens is 389 g/mol. The number of hydrogen-bond acceptors (Lipinski definition) is 3. The lowest BCUT2D eigenvalue weighted by atomic mass is 9.96. The van der Waals surface area contributed by atoms with Gasteiger partial charge in [-0.05, 0) is 55.3 Å². The van der Waals surface area contributed by atoms with Crippen molar-refractivity contribution in [1.29, 1.82) is 0 Å². The van der Waals surface area contributed by atoms with Gasteiger partial charge in [-0.1, -0.05) is 11.6 Å². The molecule has 0 bridgehead atoms. The Balaban J connectivity index is 2.09. The maximum atomic E-state index is 14.2. The first-order valence-corrected chi connectivity index (χ1v) is 8.43. The Morgan fingerprint density at radius 2 is 2.04 bits per heavy atom. The molecule has 0 aliphatic carbocycles. The second-order valence-electron chi connectivity index (χ2n) is 6.50. The fourth-order valence-electron chi connectivity index (χ4n) is 2.40. The van der Waals surface area contributed by atoms with Gasteiger partial charge in [0, 0.05) is 23.5 Å². The van der Waals surface area contributed by atoms with E-state index in [-0.39, 0.29) is 22.9 Å². The molecular formula is C16H18BrClFNO3. The van der Waals surface area contributed by atoms with Gasteiger partial charge in [-0.2, -0.15) is 0 Å². The topological polar surface area (TPSA) is 46.6 Å². The van der Waals surface area contributed by atoms with Crippen LogP contribution < -0.4 is 0 Å². The first-order chi connectivity index (χ1) is 10.6. The summed E-state index contributed by atoms with van der Waals surface area (Å²) in [5, 5.41) is -0.113. The number of amides is 1. The van der Waals surface area contributed by atoms with E-state index >= 15 is 0 Å². The van der Waals surface area contributed by atoms with Crippen molar-refractivity contribution in [2.24, 2.45) is 5.92 Å². The normalized spacial score (nSPS) is 18.2. The van der Waals surface area contributed by atoms with Gasteiger partial charge in [0.15, 0.2) is 11.6 Å². The molecule has 0 N–H and O–H groups in total. The summed E-state index contributed by atoms with van der Waals surface area (Å²) >= 11 is 8.94. The van der Waals surface area contributed by atoms with E-state index in [1.54, 1.807) is 26.8 Å². The number of carbonyl (C=O) groups is 2. The highest BCUT2D eigenvalue weighted by Crippen LogP contribution is 2.30. The van der Waals surface area contributed by atoms with Crippen molar-refractivity contribution >= 4 is 39.4 Å². The van der Waals surface area contributed by atoms with Gasteiger partial charge in [0.2, 0.25) is 0 Å². The molecule has 0 radical (unpaired) electrons. The minimum atomic E-state index is -0.734. The summed E-state index contributed by atoms with van der Waals surface area (Å²) in [6, 6.07) is 2.95. The standard InChI is InChI=1S/C16H18BrClFNO3/c1-16(2,3)23-15(22)20-7-6-9(8-20)14(21)10-4-5-11(17)12(18)13(10)19/h4-5,9H,6-8H2,1-3H3. The number of hydrogen-bond donors (Lipinski definition) is 0. The van der Waals surface area contributed by atoms with E-state index in [0.29, 0.717) is 17.4 Å². The van der Waals surface area contributed by atoms with E-state index in [1.807, 2.05) is 0 Å². The average Bonchev–Trinajstić information content (AvgIpc) is 2.92. The zero-order chi connectivity index (χ0) is 17.4. The van der Waals surface area contributed by atoms with E-state index in [1.165, 1.54) is 11.0 Å². The van der Waals surface area contributed by atoms with Crippen molar-refractivity contribution < 1.29 is 18.7 Å². The fourth-order valence-corrected chi connectivity index (χ4v) is 2.87. The first-order valence-electron chi connectivity index (χ1n) is 7.26. The third-order valence-electron chi connectivity index (χ3n) is 3.51. The molecule has 126 valence electrons. The molecule has 1 saturated heterocycles. The molecule has 1 aliphatic heterocycles. The number of rotatable bonds is 2. The minimum absolute atomic E-state index is 0.0470. The molecule has 1 amide bonds. The van der Waals surface area contributed by atoms with Gasteiger partial charge in [-0.3, -0.25) is 4.79 Å². The molecule has 1 unspecified atom stereocenters. The lowest BCUT2D eigenvalue weighted by Gasteiger charge is -2.24. The van der Waals surface area contributed by atoms with Gasteiger partial charge in [0.25, 0.3) is 0 Å². The maximum Gasteiger partial charge on any atom is 0.410 e. The Kier molecular flexibility index (Phi) is 5.36. The number of nitrogens with zero attached hydrogens (tertiary/aromatic N) is 1. The van der Waals surface area contributed by atoms with E-state index in [9.17, 15) is 14.0 Å². The predicted molar refractivity (Wildman–Crippen MR) is 89.4 cm³/mol. The second kappa shape index (κ2) is 6.77. The van der Waals surface area contributed by atoms with Crippen LogP contribution in [0.15, 0.2) is 16.6 Å². The van der Waals surface area contributed by atoms with Crippen LogP contribution in [-0.2, 0) is 4.74 Å². The largest absolute Gasteiger partial charge is 0.444 e. The van der Waals surface area contributed by atoms with Crippen molar-refractivity contribution in [1.82, 2.24) is 4.90 Å². The van der Waals surface area contributed by atoms with Gasteiger partial charge in [-0.15, -0.1) is 0 Å². The van der Waals surface area contributed by atoms with Crippen LogP contribution in [0.3, 0.4) is 0 Å². The van der Waals surface area contributed by atoms with Crippen LogP contribution in [-0.4, -0.2) is 35.5 Å². The van der Waals surface area contributed by atoms with Crippen LogP contribution in [0.25, 0.3) is 0 Å². The third-order valence-corrected chi connectivity index (χ3v) is 4.77. The molecule has 1 heterocycles. The molecule has 1 aliphatic rings. The number of ketones is 1. The third kappa shape index (κ3) is 4.23. The van der Waals surface area contributed by atoms with Gasteiger partial charge in [-0.25, -0.2) is 9.18 Å². The summed E-state index contributed by atoms with van der Waals surface area (Å²) in [5.41, 5.74) is -0.640. The van der Waals surface area contributed by atoms with Crippen LogP contribution >= 0.6 is 27.5 Å². The summed E-state index contributed by atoms with van der Waals surface area (Å²) in [7, 11) is 0. The van der Waals surface area contributed by atoms with Crippen molar-refractivity contribution in [3.05, 3.63) is 33.0 Å². The number of likely N-dealkylation sites (tertiary alicyclic amines) is 1. The van der Waals surface area contributed by atoms with Crippen molar-refractivity contribution in [2.45, 2.75) is 32.8 Å². The molecule has 7 heteroatoms. The molecule has 2 rings (SSSR count). The van der Waals surface area contributed by atoms with Gasteiger partial charge < -0.3 is 9.64 Å². The molecule has 1 aromatic rings. The average molecular weight is 407 g/mol. The predicted octanol–water partition coefficient (Wildman–Crippen LogP) is 4.68. The zero-order valence-electron chi connectivity index (χ0n) is 13.2. The van der Waals surface area contributed by atoms with Crippen LogP contribution in [0.5, 0.6) is 0 Å². The van der Waals surface area contributed by atoms with Gasteiger partial charge >= 0.3 is 6.09 Å². The smallest absolute Gasteiger partial charge is 0.410 e. The molecule has 1 fully saturated rings. The molecule has 1 atom stereocenters. The fraction of sp³-hybridized carbons (Fsp3) is 0.500. The quantitative estimate of drug-likeness (QED) is 0.529. The van der Waals surface area contributed by atoms with Crippen molar-refractivity contribution in [2.75, 3.05) is 13.1 Å². The maximum absolute atomic E-state index is 14.2. The molecule has 0 spiro atoms. The van der Waals surface area contributed by atoms with E-state index in [4.69, 9.17) is 16.3 Å². The SMILES string of the molecule is CC(C)(C)OC(=O)N1CCC(C(=O)c2ccc(Br)c(Cl)c2F)C1. The van der Waals surface area contributed by atoms with E-state index in [0.717, 1.165) is 0 Å². The molecule has 0 saturated carbocycles. The molecule has 23 heavy (non-hydrogen) atoms. The number of halogens is 3. The lowest BCUT2D eigenvalue weighted by molar-refractivity contribution is 0.0289. The second-order valence-corrected chi connectivity index (χ2v) is 7.73. The molecule has 0 aromatic heterocycles. The number of benzene rings is 1. The Morgan fingerprint density at radius 1 is 1.39 bits per heavy atom. The summed E-state index contributed by atoms with van der Waals surface area (Å²) in [4.78, 5) is 26.0. The van der Waals surface area contributed by atoms with E-state index in [2.05, 4.69) is 15.9 Å². The van der Waals surface area contributed by atoms with Gasteiger partial charge in [0.05, 0.1) is 10.6 Å².